The molecule has 0 bridgehead atoms. The molecule has 1 aromatic heterocycles. The van der Waals surface area contributed by atoms with E-state index >= 15 is 0 Å². The van der Waals surface area contributed by atoms with Crippen molar-refractivity contribution in [3.8, 4) is 0 Å². The Labute approximate surface area is 107 Å². The molecule has 0 aliphatic carbocycles. The van der Waals surface area contributed by atoms with E-state index in [1.54, 1.807) is 0 Å². The first-order valence-electron chi connectivity index (χ1n) is 4.85. The Bertz CT molecular complexity index is 509. The summed E-state index contributed by atoms with van der Waals surface area (Å²) in [5.41, 5.74) is 2.08. The molecule has 5 heteroatoms. The highest BCUT2D eigenvalue weighted by Gasteiger charge is 2.16. The van der Waals surface area contributed by atoms with Crippen molar-refractivity contribution in [3.05, 3.63) is 36.0 Å². The fraction of sp³-hybridized carbons (Fsp3) is 0.182. The van der Waals surface area contributed by atoms with Crippen molar-refractivity contribution in [2.24, 2.45) is 0 Å². The van der Waals surface area contributed by atoms with Crippen LogP contribution in [0.25, 0.3) is 10.9 Å². The van der Waals surface area contributed by atoms with Gasteiger partial charge in [-0.1, -0.05) is 6.07 Å². The van der Waals surface area contributed by atoms with E-state index in [0.29, 0.717) is 6.42 Å². The quantitative estimate of drug-likeness (QED) is 0.594. The van der Waals surface area contributed by atoms with Crippen LogP contribution in [0.3, 0.4) is 0 Å². The van der Waals surface area contributed by atoms with Gasteiger partial charge in [-0.15, -0.1) is 0 Å². The number of hydrogen-bond acceptors (Lipinski definition) is 2. The molecule has 84 valence electrons. The zero-order valence-electron chi connectivity index (χ0n) is 8.40. The smallest absolute Gasteiger partial charge is 0.321 e. The molecule has 0 amide bonds. The molecule has 3 N–H and O–H groups in total. The Kier molecular flexibility index (Phi) is 3.45. The minimum absolute atomic E-state index is 0.486. The molecule has 0 saturated heterocycles. The van der Waals surface area contributed by atoms with Crippen LogP contribution in [0.4, 0.5) is 0 Å². The summed E-state index contributed by atoms with van der Waals surface area (Å²) < 4.78 is 2.75. The van der Waals surface area contributed by atoms with Crippen LogP contribution in [-0.2, 0) is 11.2 Å². The van der Waals surface area contributed by atoms with Crippen molar-refractivity contribution in [1.82, 2.24) is 8.51 Å². The monoisotopic (exact) mass is 330 g/mol. The fourth-order valence-corrected chi connectivity index (χ4v) is 2.12. The third-order valence-corrected chi connectivity index (χ3v) is 3.24. The molecule has 2 aromatic rings. The number of rotatable bonds is 4. The molecule has 2 rings (SSSR count). The first-order chi connectivity index (χ1) is 7.70. The van der Waals surface area contributed by atoms with Crippen LogP contribution < -0.4 is 3.53 Å². The molecule has 0 saturated carbocycles. The molecule has 1 unspecified atom stereocenters. The van der Waals surface area contributed by atoms with Crippen molar-refractivity contribution < 1.29 is 9.90 Å². The van der Waals surface area contributed by atoms with Gasteiger partial charge in [-0.2, -0.15) is 0 Å². The van der Waals surface area contributed by atoms with Gasteiger partial charge in [0, 0.05) is 34.6 Å². The standard InChI is InChI=1S/C11H11IN2O2/c12-14-10(11(15)16)6-7-1-2-9-8(5-7)3-4-13-9/h1-5,10,13-14H,6H2,(H,15,16). The number of carboxylic acid groups (broad SMARTS) is 1. The molecule has 4 nitrogen and oxygen atoms in total. The molecule has 0 aliphatic rings. The third-order valence-electron chi connectivity index (χ3n) is 2.49. The summed E-state index contributed by atoms with van der Waals surface area (Å²) >= 11 is 1.87. The molecule has 1 heterocycles. The van der Waals surface area contributed by atoms with E-state index in [1.807, 2.05) is 53.3 Å². The second-order valence-electron chi connectivity index (χ2n) is 3.60. The van der Waals surface area contributed by atoms with Crippen molar-refractivity contribution >= 4 is 39.7 Å². The number of H-pyrrole nitrogens is 1. The highest BCUT2D eigenvalue weighted by atomic mass is 127. The molecule has 0 aliphatic heterocycles. The van der Waals surface area contributed by atoms with Crippen LogP contribution in [0.5, 0.6) is 0 Å². The molecule has 16 heavy (non-hydrogen) atoms. The van der Waals surface area contributed by atoms with E-state index in [2.05, 4.69) is 8.51 Å². The van der Waals surface area contributed by atoms with E-state index in [-0.39, 0.29) is 0 Å². The summed E-state index contributed by atoms with van der Waals surface area (Å²) in [6.07, 6.45) is 2.36. The average Bonchev–Trinajstić information content (AvgIpc) is 2.72. The van der Waals surface area contributed by atoms with Crippen molar-refractivity contribution in [3.63, 3.8) is 0 Å². The lowest BCUT2D eigenvalue weighted by Gasteiger charge is -2.09. The maximum Gasteiger partial charge on any atom is 0.321 e. The first-order valence-corrected chi connectivity index (χ1v) is 5.93. The second-order valence-corrected chi connectivity index (χ2v) is 4.23. The molecular weight excluding hydrogens is 319 g/mol. The molecular formula is C11H11IN2O2. The van der Waals surface area contributed by atoms with Gasteiger partial charge in [-0.05, 0) is 35.6 Å². The van der Waals surface area contributed by atoms with E-state index in [9.17, 15) is 4.79 Å². The van der Waals surface area contributed by atoms with Crippen LogP contribution in [-0.4, -0.2) is 22.1 Å². The highest BCUT2D eigenvalue weighted by molar-refractivity contribution is 14.1. The number of hydrogen-bond donors (Lipinski definition) is 3. The summed E-state index contributed by atoms with van der Waals surface area (Å²) in [5, 5.41) is 10.0. The summed E-state index contributed by atoms with van der Waals surface area (Å²) in [5.74, 6) is -0.830. The number of benzene rings is 1. The largest absolute Gasteiger partial charge is 0.480 e. The summed E-state index contributed by atoms with van der Waals surface area (Å²) in [4.78, 5) is 14.0. The Hall–Kier alpha value is -1.08. The number of nitrogens with one attached hydrogen (secondary N) is 2. The predicted molar refractivity (Wildman–Crippen MR) is 70.6 cm³/mol. The van der Waals surface area contributed by atoms with E-state index in [0.717, 1.165) is 16.5 Å². The molecule has 0 radical (unpaired) electrons. The molecule has 1 atom stereocenters. The van der Waals surface area contributed by atoms with Gasteiger partial charge < -0.3 is 10.1 Å². The van der Waals surface area contributed by atoms with Crippen LogP contribution in [0.1, 0.15) is 5.56 Å². The van der Waals surface area contributed by atoms with Crippen LogP contribution in [0, 0.1) is 0 Å². The Morgan fingerprint density at radius 3 is 3.00 bits per heavy atom. The summed E-state index contributed by atoms with van der Waals surface area (Å²) in [6.45, 7) is 0. The van der Waals surface area contributed by atoms with Crippen molar-refractivity contribution in [2.45, 2.75) is 12.5 Å². The normalized spacial score (nSPS) is 12.8. The number of aliphatic carboxylic acids is 1. The van der Waals surface area contributed by atoms with Gasteiger partial charge in [0.15, 0.2) is 0 Å². The minimum Gasteiger partial charge on any atom is -0.480 e. The van der Waals surface area contributed by atoms with Crippen molar-refractivity contribution in [1.29, 1.82) is 0 Å². The Balaban J connectivity index is 2.23. The summed E-state index contributed by atoms with van der Waals surface area (Å²) in [6, 6.07) is 7.36. The van der Waals surface area contributed by atoms with Crippen LogP contribution in [0.15, 0.2) is 30.5 Å². The number of aromatic amines is 1. The van der Waals surface area contributed by atoms with Gasteiger partial charge in [0.1, 0.15) is 6.04 Å². The number of carbonyl (C=O) groups is 1. The lowest BCUT2D eigenvalue weighted by Crippen LogP contribution is -2.32. The lowest BCUT2D eigenvalue weighted by molar-refractivity contribution is -0.138. The van der Waals surface area contributed by atoms with Gasteiger partial charge in [0.2, 0.25) is 0 Å². The van der Waals surface area contributed by atoms with Crippen LogP contribution >= 0.6 is 22.9 Å². The molecule has 0 spiro atoms. The van der Waals surface area contributed by atoms with Crippen molar-refractivity contribution in [2.75, 3.05) is 0 Å². The maximum absolute atomic E-state index is 10.9. The number of carboxylic acids is 1. The zero-order chi connectivity index (χ0) is 11.5. The van der Waals surface area contributed by atoms with E-state index < -0.39 is 12.0 Å². The highest BCUT2D eigenvalue weighted by Crippen LogP contribution is 2.15. The number of aromatic nitrogens is 1. The molecule has 1 aromatic carbocycles. The van der Waals surface area contributed by atoms with Gasteiger partial charge in [0.05, 0.1) is 0 Å². The summed E-state index contributed by atoms with van der Waals surface area (Å²) in [7, 11) is 0. The van der Waals surface area contributed by atoms with Gasteiger partial charge in [-0.3, -0.25) is 4.79 Å². The van der Waals surface area contributed by atoms with Gasteiger partial charge >= 0.3 is 5.97 Å². The second kappa shape index (κ2) is 4.84. The van der Waals surface area contributed by atoms with Crippen LogP contribution in [0.2, 0.25) is 0 Å². The van der Waals surface area contributed by atoms with E-state index in [1.165, 1.54) is 0 Å². The van der Waals surface area contributed by atoms with Gasteiger partial charge in [-0.25, -0.2) is 3.53 Å². The average molecular weight is 330 g/mol. The predicted octanol–water partition coefficient (Wildman–Crippen LogP) is 2.10. The minimum atomic E-state index is -0.830. The Morgan fingerprint density at radius 1 is 1.50 bits per heavy atom. The fourth-order valence-electron chi connectivity index (χ4n) is 1.64. The topological polar surface area (TPSA) is 65.1 Å². The zero-order valence-corrected chi connectivity index (χ0v) is 10.6. The number of halogens is 1. The third kappa shape index (κ3) is 2.35. The first kappa shape index (κ1) is 11.4. The van der Waals surface area contributed by atoms with Gasteiger partial charge in [0.25, 0.3) is 0 Å². The lowest BCUT2D eigenvalue weighted by atomic mass is 10.1. The number of fused-ring (bicyclic) bond motifs is 1. The maximum atomic E-state index is 10.9. The Morgan fingerprint density at radius 2 is 2.31 bits per heavy atom. The SMILES string of the molecule is O=C(O)C(Cc1ccc2[nH]ccc2c1)NI. The van der Waals surface area contributed by atoms with E-state index in [4.69, 9.17) is 5.11 Å². The molecule has 0 fully saturated rings.